The fourth-order valence-corrected chi connectivity index (χ4v) is 4.56. The van der Waals surface area contributed by atoms with Crippen molar-refractivity contribution in [2.75, 3.05) is 11.9 Å². The molecular formula is C24H22FN3O3S. The maximum Gasteiger partial charge on any atom is 0.341 e. The molecule has 0 radical (unpaired) electrons. The molecule has 0 aliphatic carbocycles. The smallest absolute Gasteiger partial charge is 0.341 e. The van der Waals surface area contributed by atoms with Crippen LogP contribution < -0.4 is 5.32 Å². The number of fused-ring (bicyclic) bond motifs is 1. The lowest BCUT2D eigenvalue weighted by Crippen LogP contribution is -2.15. The number of carbonyl (C=O) groups is 2. The van der Waals surface area contributed by atoms with Crippen molar-refractivity contribution in [1.82, 2.24) is 9.38 Å². The molecule has 4 aromatic rings. The molecule has 0 spiro atoms. The van der Waals surface area contributed by atoms with E-state index in [0.717, 1.165) is 17.0 Å². The highest BCUT2D eigenvalue weighted by Gasteiger charge is 2.23. The number of benzene rings is 1. The van der Waals surface area contributed by atoms with Gasteiger partial charge in [-0.3, -0.25) is 4.79 Å². The van der Waals surface area contributed by atoms with E-state index in [9.17, 15) is 14.0 Å². The van der Waals surface area contributed by atoms with Gasteiger partial charge >= 0.3 is 5.97 Å². The highest BCUT2D eigenvalue weighted by Crippen LogP contribution is 2.36. The molecule has 3 aromatic heterocycles. The molecule has 1 N–H and O–H groups in total. The van der Waals surface area contributed by atoms with Gasteiger partial charge in [0, 0.05) is 29.3 Å². The standard InChI is InChI=1S/C24H22FN3O3S/c1-3-31-24(30)22-18(16-7-9-17(25)10-8-16)14-32-23(22)27-21(29)12-11-19-15(2)26-20-6-4-5-13-28(19)20/h4-10,13-14H,3,11-12H2,1-2H3,(H,27,29). The van der Waals surface area contributed by atoms with Crippen LogP contribution in [0.3, 0.4) is 0 Å². The number of ether oxygens (including phenoxy) is 1. The SMILES string of the molecule is CCOC(=O)c1c(-c2ccc(F)cc2)csc1NC(=O)CCc1c(C)nc2ccccn12. The van der Waals surface area contributed by atoms with Crippen LogP contribution in [0.25, 0.3) is 16.8 Å². The number of esters is 1. The number of pyridine rings is 1. The number of nitrogens with one attached hydrogen (secondary N) is 1. The van der Waals surface area contributed by atoms with Crippen LogP contribution in [0.4, 0.5) is 9.39 Å². The Morgan fingerprint density at radius 1 is 1.19 bits per heavy atom. The Bertz CT molecular complexity index is 1280. The van der Waals surface area contributed by atoms with Gasteiger partial charge in [0.05, 0.1) is 12.3 Å². The van der Waals surface area contributed by atoms with Crippen LogP contribution in [-0.4, -0.2) is 27.9 Å². The molecule has 1 aromatic carbocycles. The average molecular weight is 452 g/mol. The first-order valence-electron chi connectivity index (χ1n) is 10.2. The Labute approximate surface area is 188 Å². The molecule has 1 amide bonds. The monoisotopic (exact) mass is 451 g/mol. The summed E-state index contributed by atoms with van der Waals surface area (Å²) in [5, 5.41) is 5.04. The number of hydrogen-bond donors (Lipinski definition) is 1. The number of amides is 1. The summed E-state index contributed by atoms with van der Waals surface area (Å²) >= 11 is 1.24. The van der Waals surface area contributed by atoms with Crippen LogP contribution in [-0.2, 0) is 16.0 Å². The number of aromatic nitrogens is 2. The van der Waals surface area contributed by atoms with Gasteiger partial charge in [-0.05, 0) is 50.1 Å². The van der Waals surface area contributed by atoms with Gasteiger partial charge < -0.3 is 14.5 Å². The molecule has 0 unspecified atom stereocenters. The van der Waals surface area contributed by atoms with Gasteiger partial charge in [-0.1, -0.05) is 18.2 Å². The number of thiophene rings is 1. The molecule has 32 heavy (non-hydrogen) atoms. The van der Waals surface area contributed by atoms with Crippen LogP contribution in [0.5, 0.6) is 0 Å². The lowest BCUT2D eigenvalue weighted by atomic mass is 10.0. The Balaban J connectivity index is 1.55. The van der Waals surface area contributed by atoms with Crippen LogP contribution in [0.2, 0.25) is 0 Å². The molecule has 0 aliphatic heterocycles. The summed E-state index contributed by atoms with van der Waals surface area (Å²) in [6.45, 7) is 3.85. The topological polar surface area (TPSA) is 72.7 Å². The maximum atomic E-state index is 13.3. The Hall–Kier alpha value is -3.52. The quantitative estimate of drug-likeness (QED) is 0.389. The fourth-order valence-electron chi connectivity index (χ4n) is 3.58. The van der Waals surface area contributed by atoms with Gasteiger partial charge in [0.2, 0.25) is 5.91 Å². The van der Waals surface area contributed by atoms with E-state index in [2.05, 4.69) is 10.3 Å². The molecule has 0 atom stereocenters. The van der Waals surface area contributed by atoms with Gasteiger partial charge in [-0.15, -0.1) is 11.3 Å². The summed E-state index contributed by atoms with van der Waals surface area (Å²) in [4.78, 5) is 29.9. The molecular weight excluding hydrogens is 429 g/mol. The van der Waals surface area contributed by atoms with Crippen molar-refractivity contribution >= 4 is 33.9 Å². The van der Waals surface area contributed by atoms with Gasteiger partial charge in [-0.25, -0.2) is 14.2 Å². The van der Waals surface area contributed by atoms with Crippen molar-refractivity contribution in [3.05, 3.63) is 76.8 Å². The minimum Gasteiger partial charge on any atom is -0.462 e. The van der Waals surface area contributed by atoms with E-state index >= 15 is 0 Å². The van der Waals surface area contributed by atoms with Crippen molar-refractivity contribution in [1.29, 1.82) is 0 Å². The zero-order valence-electron chi connectivity index (χ0n) is 17.7. The highest BCUT2D eigenvalue weighted by atomic mass is 32.1. The second kappa shape index (κ2) is 9.32. The van der Waals surface area contributed by atoms with Gasteiger partial charge in [0.1, 0.15) is 22.0 Å². The third-order valence-corrected chi connectivity index (χ3v) is 5.99. The largest absolute Gasteiger partial charge is 0.462 e. The van der Waals surface area contributed by atoms with Gasteiger partial charge in [0.25, 0.3) is 0 Å². The molecule has 0 bridgehead atoms. The predicted molar refractivity (Wildman–Crippen MR) is 123 cm³/mol. The molecule has 3 heterocycles. The van der Waals surface area contributed by atoms with Crippen LogP contribution >= 0.6 is 11.3 Å². The first-order valence-corrected chi connectivity index (χ1v) is 11.1. The zero-order chi connectivity index (χ0) is 22.7. The minimum atomic E-state index is -0.527. The summed E-state index contributed by atoms with van der Waals surface area (Å²) in [6, 6.07) is 11.6. The molecule has 6 nitrogen and oxygen atoms in total. The summed E-state index contributed by atoms with van der Waals surface area (Å²) < 4.78 is 20.5. The second-order valence-electron chi connectivity index (χ2n) is 7.20. The molecule has 4 rings (SSSR count). The number of halogens is 1. The number of rotatable bonds is 7. The van der Waals surface area contributed by atoms with Gasteiger partial charge in [0.15, 0.2) is 0 Å². The predicted octanol–water partition coefficient (Wildman–Crippen LogP) is 5.26. The normalized spacial score (nSPS) is 11.0. The van der Waals surface area contributed by atoms with E-state index < -0.39 is 5.97 Å². The van der Waals surface area contributed by atoms with Crippen molar-refractivity contribution in [2.24, 2.45) is 0 Å². The van der Waals surface area contributed by atoms with E-state index in [1.54, 1.807) is 24.4 Å². The maximum absolute atomic E-state index is 13.3. The number of carbonyl (C=O) groups excluding carboxylic acids is 2. The van der Waals surface area contributed by atoms with Crippen molar-refractivity contribution in [2.45, 2.75) is 26.7 Å². The van der Waals surface area contributed by atoms with E-state index in [-0.39, 0.29) is 30.3 Å². The van der Waals surface area contributed by atoms with Crippen LogP contribution in [0.1, 0.15) is 35.1 Å². The van der Waals surface area contributed by atoms with Crippen LogP contribution in [0.15, 0.2) is 54.0 Å². The molecule has 164 valence electrons. The van der Waals surface area contributed by atoms with Crippen LogP contribution in [0, 0.1) is 12.7 Å². The lowest BCUT2D eigenvalue weighted by Gasteiger charge is -2.09. The lowest BCUT2D eigenvalue weighted by molar-refractivity contribution is -0.116. The van der Waals surface area contributed by atoms with Crippen molar-refractivity contribution in [3.8, 4) is 11.1 Å². The number of anilines is 1. The van der Waals surface area contributed by atoms with Crippen molar-refractivity contribution in [3.63, 3.8) is 0 Å². The van der Waals surface area contributed by atoms with E-state index in [1.165, 1.54) is 23.5 Å². The van der Waals surface area contributed by atoms with E-state index in [4.69, 9.17) is 4.74 Å². The summed E-state index contributed by atoms with van der Waals surface area (Å²) in [5.41, 5.74) is 4.24. The molecule has 0 saturated carbocycles. The van der Waals surface area contributed by atoms with Gasteiger partial charge in [-0.2, -0.15) is 0 Å². The summed E-state index contributed by atoms with van der Waals surface area (Å²) in [6.07, 6.45) is 2.67. The molecule has 0 saturated heterocycles. The first kappa shape index (κ1) is 21.7. The fraction of sp³-hybridized carbons (Fsp3) is 0.208. The Morgan fingerprint density at radius 2 is 1.97 bits per heavy atom. The van der Waals surface area contributed by atoms with E-state index in [1.807, 2.05) is 35.7 Å². The number of imidazole rings is 1. The Morgan fingerprint density at radius 3 is 2.72 bits per heavy atom. The molecule has 8 heteroatoms. The third-order valence-electron chi connectivity index (χ3n) is 5.10. The zero-order valence-corrected chi connectivity index (χ0v) is 18.5. The second-order valence-corrected chi connectivity index (χ2v) is 8.08. The van der Waals surface area contributed by atoms with E-state index in [0.29, 0.717) is 22.5 Å². The summed E-state index contributed by atoms with van der Waals surface area (Å²) in [5.74, 6) is -1.10. The Kier molecular flexibility index (Phi) is 6.32. The first-order chi connectivity index (χ1) is 15.5. The molecule has 0 aliphatic rings. The number of nitrogens with zero attached hydrogens (tertiary/aromatic N) is 2. The number of aryl methyl sites for hydroxylation is 2. The number of hydrogen-bond acceptors (Lipinski definition) is 5. The minimum absolute atomic E-state index is 0.207. The van der Waals surface area contributed by atoms with Crippen molar-refractivity contribution < 1.29 is 18.7 Å². The highest BCUT2D eigenvalue weighted by molar-refractivity contribution is 7.15. The third kappa shape index (κ3) is 4.40. The molecule has 0 fully saturated rings. The average Bonchev–Trinajstić information content (AvgIpc) is 3.33. The summed E-state index contributed by atoms with van der Waals surface area (Å²) in [7, 11) is 0.